The second-order valence-corrected chi connectivity index (χ2v) is 4.40. The summed E-state index contributed by atoms with van der Waals surface area (Å²) in [6.07, 6.45) is -3.89. The molecule has 8 heteroatoms. The lowest BCUT2D eigenvalue weighted by Gasteiger charge is -2.20. The molecule has 120 valence electrons. The smallest absolute Gasteiger partial charge is 0.370 e. The van der Waals surface area contributed by atoms with E-state index in [0.29, 0.717) is 13.0 Å². The zero-order valence-electron chi connectivity index (χ0n) is 11.2. The van der Waals surface area contributed by atoms with E-state index in [0.717, 1.165) is 12.1 Å². The molecule has 1 rings (SSSR count). The summed E-state index contributed by atoms with van der Waals surface area (Å²) in [6, 6.07) is 0.707. The summed E-state index contributed by atoms with van der Waals surface area (Å²) < 4.78 is 80.3. The third kappa shape index (κ3) is 5.55. The number of hydrogen-bond acceptors (Lipinski definition) is 2. The zero-order chi connectivity index (χ0) is 16.0. The fourth-order valence-corrected chi connectivity index (χ4v) is 1.68. The normalized spacial score (nSPS) is 13.5. The first-order valence-corrected chi connectivity index (χ1v) is 6.27. The minimum absolute atomic E-state index is 0.274. The van der Waals surface area contributed by atoms with Crippen LogP contribution in [-0.4, -0.2) is 25.9 Å². The van der Waals surface area contributed by atoms with Crippen LogP contribution < -0.4 is 5.32 Å². The van der Waals surface area contributed by atoms with Crippen LogP contribution in [0.5, 0.6) is 0 Å². The molecule has 1 aromatic rings. The van der Waals surface area contributed by atoms with Crippen molar-refractivity contribution < 1.29 is 31.1 Å². The molecule has 0 aliphatic rings. The zero-order valence-corrected chi connectivity index (χ0v) is 11.2. The molecule has 21 heavy (non-hydrogen) atoms. The summed E-state index contributed by atoms with van der Waals surface area (Å²) in [5.41, 5.74) is -0.274. The lowest BCUT2D eigenvalue weighted by Crippen LogP contribution is -2.29. The van der Waals surface area contributed by atoms with Gasteiger partial charge in [-0.05, 0) is 19.0 Å². The van der Waals surface area contributed by atoms with E-state index in [2.05, 4.69) is 10.1 Å². The summed E-state index contributed by atoms with van der Waals surface area (Å²) in [5.74, 6) is -4.45. The van der Waals surface area contributed by atoms with Gasteiger partial charge >= 0.3 is 6.18 Å². The van der Waals surface area contributed by atoms with Gasteiger partial charge in [-0.25, -0.2) is 13.2 Å². The van der Waals surface area contributed by atoms with Crippen LogP contribution in [-0.2, 0) is 4.74 Å². The highest BCUT2D eigenvalue weighted by molar-refractivity contribution is 5.23. The van der Waals surface area contributed by atoms with E-state index in [1.807, 2.05) is 0 Å². The molecule has 0 saturated heterocycles. The van der Waals surface area contributed by atoms with Crippen LogP contribution in [0.15, 0.2) is 12.1 Å². The van der Waals surface area contributed by atoms with Gasteiger partial charge in [0.1, 0.15) is 6.61 Å². The Bertz CT molecular complexity index is 463. The second-order valence-electron chi connectivity index (χ2n) is 4.40. The van der Waals surface area contributed by atoms with Crippen molar-refractivity contribution in [3.8, 4) is 0 Å². The van der Waals surface area contributed by atoms with Gasteiger partial charge in [-0.15, -0.1) is 0 Å². The highest BCUT2D eigenvalue weighted by Gasteiger charge is 2.28. The SMILES string of the molecule is CCCNC(COCC(F)(F)F)c1ccc(F)c(F)c1F. The van der Waals surface area contributed by atoms with E-state index in [1.165, 1.54) is 0 Å². The third-order valence-electron chi connectivity index (χ3n) is 2.63. The van der Waals surface area contributed by atoms with Gasteiger partial charge in [0, 0.05) is 5.56 Å². The van der Waals surface area contributed by atoms with E-state index in [9.17, 15) is 26.3 Å². The van der Waals surface area contributed by atoms with Gasteiger partial charge in [0.05, 0.1) is 12.6 Å². The first kappa shape index (κ1) is 17.8. The third-order valence-corrected chi connectivity index (χ3v) is 2.63. The Labute approximate surface area is 118 Å². The number of ether oxygens (including phenoxy) is 1. The molecule has 0 aliphatic heterocycles. The molecule has 2 nitrogen and oxygen atoms in total. The molecule has 1 N–H and O–H groups in total. The van der Waals surface area contributed by atoms with Crippen LogP contribution in [0.4, 0.5) is 26.3 Å². The highest BCUT2D eigenvalue weighted by Crippen LogP contribution is 2.23. The largest absolute Gasteiger partial charge is 0.411 e. The quantitative estimate of drug-likeness (QED) is 0.611. The van der Waals surface area contributed by atoms with Gasteiger partial charge in [0.2, 0.25) is 0 Å². The predicted octanol–water partition coefficient (Wildman–Crippen LogP) is 3.72. The van der Waals surface area contributed by atoms with Crippen molar-refractivity contribution in [3.05, 3.63) is 35.1 Å². The standard InChI is InChI=1S/C13H15F6NO/c1-2-5-20-10(6-21-7-13(17,18)19)8-3-4-9(14)12(16)11(8)15/h3-4,10,20H,2,5-7H2,1H3. The van der Waals surface area contributed by atoms with E-state index >= 15 is 0 Å². The van der Waals surface area contributed by atoms with Gasteiger partial charge in [-0.2, -0.15) is 13.2 Å². The van der Waals surface area contributed by atoms with E-state index in [-0.39, 0.29) is 5.56 Å². The Hall–Kier alpha value is -1.28. The predicted molar refractivity (Wildman–Crippen MR) is 64.2 cm³/mol. The maximum Gasteiger partial charge on any atom is 0.411 e. The number of halogens is 6. The lowest BCUT2D eigenvalue weighted by molar-refractivity contribution is -0.175. The van der Waals surface area contributed by atoms with Crippen LogP contribution in [0.2, 0.25) is 0 Å². The molecule has 1 unspecified atom stereocenters. The lowest BCUT2D eigenvalue weighted by atomic mass is 10.1. The van der Waals surface area contributed by atoms with Crippen molar-refractivity contribution in [1.29, 1.82) is 0 Å². The molecule has 0 saturated carbocycles. The van der Waals surface area contributed by atoms with Crippen molar-refractivity contribution in [1.82, 2.24) is 5.32 Å². The highest BCUT2D eigenvalue weighted by atomic mass is 19.4. The summed E-state index contributed by atoms with van der Waals surface area (Å²) in [4.78, 5) is 0. The molecule has 1 atom stereocenters. The molecule has 0 bridgehead atoms. The fraction of sp³-hybridized carbons (Fsp3) is 0.538. The molecule has 0 amide bonds. The summed E-state index contributed by atoms with van der Waals surface area (Å²) >= 11 is 0. The molecular formula is C13H15F6NO. The average molecular weight is 315 g/mol. The summed E-state index contributed by atoms with van der Waals surface area (Å²) in [7, 11) is 0. The molecule has 1 aromatic carbocycles. The number of benzene rings is 1. The average Bonchev–Trinajstić information content (AvgIpc) is 2.39. The number of hydrogen-bond donors (Lipinski definition) is 1. The Kier molecular flexibility index (Phi) is 6.47. The van der Waals surface area contributed by atoms with Crippen molar-refractivity contribution in [2.45, 2.75) is 25.6 Å². The van der Waals surface area contributed by atoms with Crippen LogP contribution in [0, 0.1) is 17.5 Å². The maximum absolute atomic E-state index is 13.7. The number of nitrogens with one attached hydrogen (secondary N) is 1. The molecular weight excluding hydrogens is 300 g/mol. The van der Waals surface area contributed by atoms with Crippen LogP contribution in [0.1, 0.15) is 24.9 Å². The number of rotatable bonds is 7. The van der Waals surface area contributed by atoms with Gasteiger partial charge in [0.15, 0.2) is 17.5 Å². The molecule has 0 aromatic heterocycles. The molecule has 0 fully saturated rings. The Morgan fingerprint density at radius 3 is 2.38 bits per heavy atom. The van der Waals surface area contributed by atoms with Crippen LogP contribution >= 0.6 is 0 Å². The van der Waals surface area contributed by atoms with Gasteiger partial charge in [-0.1, -0.05) is 13.0 Å². The Morgan fingerprint density at radius 1 is 1.14 bits per heavy atom. The summed E-state index contributed by atoms with van der Waals surface area (Å²) in [6.45, 7) is 0.144. The minimum atomic E-state index is -4.51. The van der Waals surface area contributed by atoms with E-state index in [4.69, 9.17) is 0 Å². The van der Waals surface area contributed by atoms with Gasteiger partial charge < -0.3 is 10.1 Å². The van der Waals surface area contributed by atoms with Crippen molar-refractivity contribution in [2.24, 2.45) is 0 Å². The first-order chi connectivity index (χ1) is 9.76. The molecule has 0 aliphatic carbocycles. The Balaban J connectivity index is 2.84. The van der Waals surface area contributed by atoms with Crippen molar-refractivity contribution in [3.63, 3.8) is 0 Å². The molecule has 0 heterocycles. The summed E-state index contributed by atoms with van der Waals surface area (Å²) in [5, 5.41) is 2.74. The van der Waals surface area contributed by atoms with Gasteiger partial charge in [-0.3, -0.25) is 0 Å². The van der Waals surface area contributed by atoms with Crippen LogP contribution in [0.3, 0.4) is 0 Å². The fourth-order valence-electron chi connectivity index (χ4n) is 1.68. The van der Waals surface area contributed by atoms with Gasteiger partial charge in [0.25, 0.3) is 0 Å². The van der Waals surface area contributed by atoms with Crippen molar-refractivity contribution in [2.75, 3.05) is 19.8 Å². The topological polar surface area (TPSA) is 21.3 Å². The minimum Gasteiger partial charge on any atom is -0.370 e. The van der Waals surface area contributed by atoms with Crippen molar-refractivity contribution >= 4 is 0 Å². The Morgan fingerprint density at radius 2 is 1.81 bits per heavy atom. The molecule has 0 radical (unpaired) electrons. The number of alkyl halides is 3. The second kappa shape index (κ2) is 7.65. The molecule has 0 spiro atoms. The van der Waals surface area contributed by atoms with Crippen LogP contribution in [0.25, 0.3) is 0 Å². The van der Waals surface area contributed by atoms with E-state index in [1.54, 1.807) is 6.92 Å². The maximum atomic E-state index is 13.7. The van der Waals surface area contributed by atoms with E-state index < -0.39 is 42.9 Å². The first-order valence-electron chi connectivity index (χ1n) is 6.27. The monoisotopic (exact) mass is 315 g/mol.